The van der Waals surface area contributed by atoms with E-state index >= 15 is 0 Å². The molecular formula is C11H18N2O2. The summed E-state index contributed by atoms with van der Waals surface area (Å²) in [5.41, 5.74) is 0. The van der Waals surface area contributed by atoms with Gasteiger partial charge in [-0.05, 0) is 25.5 Å². The summed E-state index contributed by atoms with van der Waals surface area (Å²) in [4.78, 5) is 4.19. The summed E-state index contributed by atoms with van der Waals surface area (Å²) in [6.07, 6.45) is 2.55. The van der Waals surface area contributed by atoms with Gasteiger partial charge in [0.15, 0.2) is 11.6 Å². The van der Waals surface area contributed by atoms with Crippen LogP contribution in [0.5, 0.6) is 5.75 Å². The van der Waals surface area contributed by atoms with Crippen molar-refractivity contribution in [1.82, 2.24) is 4.98 Å². The quantitative estimate of drug-likeness (QED) is 0.749. The first-order chi connectivity index (χ1) is 7.31. The highest BCUT2D eigenvalue weighted by atomic mass is 16.5. The van der Waals surface area contributed by atoms with E-state index in [2.05, 4.69) is 10.3 Å². The fraction of sp³-hybridized carbons (Fsp3) is 0.545. The Morgan fingerprint density at radius 3 is 2.93 bits per heavy atom. The van der Waals surface area contributed by atoms with Crippen LogP contribution in [0, 0.1) is 0 Å². The SMILES string of the molecule is CCOc1cccnc1NC(CC)CO. The lowest BCUT2D eigenvalue weighted by Gasteiger charge is -2.16. The fourth-order valence-corrected chi connectivity index (χ4v) is 1.24. The first kappa shape index (κ1) is 11.8. The van der Waals surface area contributed by atoms with Crippen LogP contribution < -0.4 is 10.1 Å². The minimum absolute atomic E-state index is 0.0270. The summed E-state index contributed by atoms with van der Waals surface area (Å²) in [6, 6.07) is 3.72. The average Bonchev–Trinajstić information content (AvgIpc) is 2.28. The maximum atomic E-state index is 9.08. The van der Waals surface area contributed by atoms with Crippen molar-refractivity contribution in [2.24, 2.45) is 0 Å². The Morgan fingerprint density at radius 1 is 1.53 bits per heavy atom. The van der Waals surface area contributed by atoms with Crippen LogP contribution in [0.25, 0.3) is 0 Å². The van der Waals surface area contributed by atoms with Crippen molar-refractivity contribution in [2.75, 3.05) is 18.5 Å². The van der Waals surface area contributed by atoms with Crippen molar-refractivity contribution in [3.63, 3.8) is 0 Å². The predicted molar refractivity (Wildman–Crippen MR) is 60.2 cm³/mol. The molecule has 0 aromatic carbocycles. The van der Waals surface area contributed by atoms with Gasteiger partial charge in [-0.3, -0.25) is 0 Å². The minimum atomic E-state index is 0.0270. The zero-order chi connectivity index (χ0) is 11.1. The second-order valence-corrected chi connectivity index (χ2v) is 3.22. The van der Waals surface area contributed by atoms with E-state index in [0.29, 0.717) is 12.4 Å². The van der Waals surface area contributed by atoms with Crippen LogP contribution in [0.15, 0.2) is 18.3 Å². The van der Waals surface area contributed by atoms with E-state index in [9.17, 15) is 0 Å². The summed E-state index contributed by atoms with van der Waals surface area (Å²) < 4.78 is 5.42. The molecule has 2 N–H and O–H groups in total. The Hall–Kier alpha value is -1.29. The molecule has 4 heteroatoms. The third-order valence-corrected chi connectivity index (χ3v) is 2.12. The Bertz CT molecular complexity index is 288. The van der Waals surface area contributed by atoms with Crippen molar-refractivity contribution in [2.45, 2.75) is 26.3 Å². The maximum absolute atomic E-state index is 9.08. The van der Waals surface area contributed by atoms with Crippen LogP contribution in [-0.2, 0) is 0 Å². The monoisotopic (exact) mass is 210 g/mol. The minimum Gasteiger partial charge on any atom is -0.490 e. The first-order valence-electron chi connectivity index (χ1n) is 5.27. The zero-order valence-electron chi connectivity index (χ0n) is 9.23. The molecule has 0 fully saturated rings. The van der Waals surface area contributed by atoms with Gasteiger partial charge < -0.3 is 15.2 Å². The van der Waals surface area contributed by atoms with Crippen LogP contribution in [0.3, 0.4) is 0 Å². The average molecular weight is 210 g/mol. The number of pyridine rings is 1. The number of nitrogens with one attached hydrogen (secondary N) is 1. The second kappa shape index (κ2) is 6.24. The number of nitrogens with zero attached hydrogens (tertiary/aromatic N) is 1. The van der Waals surface area contributed by atoms with Gasteiger partial charge in [0, 0.05) is 6.20 Å². The third kappa shape index (κ3) is 3.40. The van der Waals surface area contributed by atoms with Crippen molar-refractivity contribution in [1.29, 1.82) is 0 Å². The van der Waals surface area contributed by atoms with Gasteiger partial charge in [0.05, 0.1) is 19.3 Å². The smallest absolute Gasteiger partial charge is 0.169 e. The molecule has 15 heavy (non-hydrogen) atoms. The topological polar surface area (TPSA) is 54.4 Å². The van der Waals surface area contributed by atoms with Gasteiger partial charge in [-0.15, -0.1) is 0 Å². The maximum Gasteiger partial charge on any atom is 0.169 e. The number of rotatable bonds is 6. The van der Waals surface area contributed by atoms with Crippen molar-refractivity contribution < 1.29 is 9.84 Å². The molecule has 0 saturated carbocycles. The number of aliphatic hydroxyl groups excluding tert-OH is 1. The predicted octanol–water partition coefficient (Wildman–Crippen LogP) is 1.66. The number of hydrogen-bond donors (Lipinski definition) is 2. The van der Waals surface area contributed by atoms with Gasteiger partial charge in [0.2, 0.25) is 0 Å². The Labute approximate surface area is 90.3 Å². The lowest BCUT2D eigenvalue weighted by Crippen LogP contribution is -2.23. The van der Waals surface area contributed by atoms with E-state index in [-0.39, 0.29) is 12.6 Å². The van der Waals surface area contributed by atoms with E-state index in [4.69, 9.17) is 9.84 Å². The first-order valence-corrected chi connectivity index (χ1v) is 5.27. The molecule has 0 aliphatic heterocycles. The summed E-state index contributed by atoms with van der Waals surface area (Å²) >= 11 is 0. The molecule has 1 aromatic heterocycles. The van der Waals surface area contributed by atoms with E-state index in [0.717, 1.165) is 12.2 Å². The van der Waals surface area contributed by atoms with Crippen molar-refractivity contribution in [3.05, 3.63) is 18.3 Å². The summed E-state index contributed by atoms with van der Waals surface area (Å²) in [5.74, 6) is 1.42. The lowest BCUT2D eigenvalue weighted by atomic mass is 10.2. The Kier molecular flexibility index (Phi) is 4.90. The zero-order valence-corrected chi connectivity index (χ0v) is 9.23. The van der Waals surface area contributed by atoms with E-state index in [1.54, 1.807) is 6.20 Å². The third-order valence-electron chi connectivity index (χ3n) is 2.12. The fourth-order valence-electron chi connectivity index (χ4n) is 1.24. The van der Waals surface area contributed by atoms with Crippen LogP contribution in [0.2, 0.25) is 0 Å². The van der Waals surface area contributed by atoms with Gasteiger partial charge in [0.1, 0.15) is 0 Å². The number of hydrogen-bond acceptors (Lipinski definition) is 4. The highest BCUT2D eigenvalue weighted by Crippen LogP contribution is 2.21. The molecule has 0 aliphatic carbocycles. The summed E-state index contributed by atoms with van der Waals surface area (Å²) in [7, 11) is 0. The normalized spacial score (nSPS) is 12.2. The van der Waals surface area contributed by atoms with Crippen molar-refractivity contribution in [3.8, 4) is 5.75 Å². The number of anilines is 1. The molecule has 84 valence electrons. The highest BCUT2D eigenvalue weighted by molar-refractivity contribution is 5.50. The summed E-state index contributed by atoms with van der Waals surface area (Å²) in [6.45, 7) is 4.65. The molecule has 1 aromatic rings. The molecule has 1 heterocycles. The lowest BCUT2D eigenvalue weighted by molar-refractivity contribution is 0.271. The molecule has 0 spiro atoms. The molecule has 0 radical (unpaired) electrons. The van der Waals surface area contributed by atoms with E-state index in [1.807, 2.05) is 26.0 Å². The van der Waals surface area contributed by atoms with Gasteiger partial charge in [0.25, 0.3) is 0 Å². The largest absolute Gasteiger partial charge is 0.490 e. The Morgan fingerprint density at radius 2 is 2.33 bits per heavy atom. The standard InChI is InChI=1S/C11H18N2O2/c1-3-9(8-14)13-11-10(15-4-2)6-5-7-12-11/h5-7,9,14H,3-4,8H2,1-2H3,(H,12,13). The molecule has 0 bridgehead atoms. The number of aliphatic hydroxyl groups is 1. The van der Waals surface area contributed by atoms with Crippen LogP contribution in [0.4, 0.5) is 5.82 Å². The molecular weight excluding hydrogens is 192 g/mol. The van der Waals surface area contributed by atoms with Gasteiger partial charge in [-0.1, -0.05) is 6.92 Å². The highest BCUT2D eigenvalue weighted by Gasteiger charge is 2.09. The van der Waals surface area contributed by atoms with Crippen molar-refractivity contribution >= 4 is 5.82 Å². The molecule has 4 nitrogen and oxygen atoms in total. The Balaban J connectivity index is 2.73. The van der Waals surface area contributed by atoms with Crippen LogP contribution in [-0.4, -0.2) is 29.3 Å². The van der Waals surface area contributed by atoms with Gasteiger partial charge >= 0.3 is 0 Å². The molecule has 0 aliphatic rings. The molecule has 0 saturated heterocycles. The number of ether oxygens (including phenoxy) is 1. The van der Waals surface area contributed by atoms with Gasteiger partial charge in [-0.2, -0.15) is 0 Å². The van der Waals surface area contributed by atoms with E-state index < -0.39 is 0 Å². The molecule has 1 rings (SSSR count). The molecule has 0 amide bonds. The molecule has 1 atom stereocenters. The second-order valence-electron chi connectivity index (χ2n) is 3.22. The summed E-state index contributed by atoms with van der Waals surface area (Å²) in [5, 5.41) is 12.2. The van der Waals surface area contributed by atoms with Crippen LogP contribution >= 0.6 is 0 Å². The van der Waals surface area contributed by atoms with Gasteiger partial charge in [-0.25, -0.2) is 4.98 Å². The molecule has 1 unspecified atom stereocenters. The van der Waals surface area contributed by atoms with Crippen LogP contribution in [0.1, 0.15) is 20.3 Å². The number of aromatic nitrogens is 1. The van der Waals surface area contributed by atoms with E-state index in [1.165, 1.54) is 0 Å².